The van der Waals surface area contributed by atoms with Crippen molar-refractivity contribution >= 4 is 54.3 Å². The number of para-hydroxylation sites is 1. The second-order valence-electron chi connectivity index (χ2n) is 15.5. The number of furan rings is 1. The maximum absolute atomic E-state index is 6.19. The number of aromatic nitrogens is 3. The summed E-state index contributed by atoms with van der Waals surface area (Å²) in [5.41, 5.74) is 11.2. The third kappa shape index (κ3) is 6.04. The van der Waals surface area contributed by atoms with Crippen molar-refractivity contribution in [2.24, 2.45) is 0 Å². The van der Waals surface area contributed by atoms with Gasteiger partial charge in [0.1, 0.15) is 11.2 Å². The van der Waals surface area contributed by atoms with E-state index in [0.29, 0.717) is 17.5 Å². The van der Waals surface area contributed by atoms with Crippen LogP contribution in [0.25, 0.3) is 122 Å². The van der Waals surface area contributed by atoms with E-state index in [1.54, 1.807) is 0 Å². The van der Waals surface area contributed by atoms with Crippen molar-refractivity contribution in [1.29, 1.82) is 0 Å². The first kappa shape index (κ1) is 34.8. The van der Waals surface area contributed by atoms with Gasteiger partial charge < -0.3 is 4.42 Å². The van der Waals surface area contributed by atoms with Crippen molar-refractivity contribution in [2.45, 2.75) is 0 Å². The second-order valence-corrected chi connectivity index (χ2v) is 15.5. The van der Waals surface area contributed by atoms with Crippen LogP contribution in [0.15, 0.2) is 217 Å². The number of hydrogen-bond donors (Lipinski definition) is 0. The Bertz CT molecular complexity index is 3650. The van der Waals surface area contributed by atoms with Crippen LogP contribution in [0.1, 0.15) is 0 Å². The van der Waals surface area contributed by atoms with Gasteiger partial charge in [-0.05, 0) is 96.0 Å². The first-order chi connectivity index (χ1) is 30.2. The zero-order chi connectivity index (χ0) is 40.3. The number of hydrogen-bond acceptors (Lipinski definition) is 4. The van der Waals surface area contributed by atoms with Crippen molar-refractivity contribution in [3.63, 3.8) is 0 Å². The molecule has 2 aromatic heterocycles. The van der Waals surface area contributed by atoms with Gasteiger partial charge in [0.25, 0.3) is 0 Å². The largest absolute Gasteiger partial charge is 0.456 e. The fraction of sp³-hybridized carbons (Fsp3) is 0. The third-order valence-electron chi connectivity index (χ3n) is 11.9. The fourth-order valence-electron chi connectivity index (χ4n) is 8.96. The molecule has 0 radical (unpaired) electrons. The Balaban J connectivity index is 1.03. The van der Waals surface area contributed by atoms with Gasteiger partial charge in [-0.1, -0.05) is 182 Å². The molecule has 0 aliphatic heterocycles. The highest BCUT2D eigenvalue weighted by molar-refractivity contribution is 6.20. The highest BCUT2D eigenvalue weighted by Gasteiger charge is 2.18. The Morgan fingerprint density at radius 1 is 0.262 bits per heavy atom. The zero-order valence-corrected chi connectivity index (χ0v) is 33.0. The lowest BCUT2D eigenvalue weighted by atomic mass is 9.89. The molecule has 0 unspecified atom stereocenters. The van der Waals surface area contributed by atoms with E-state index < -0.39 is 0 Å². The summed E-state index contributed by atoms with van der Waals surface area (Å²) in [6, 6.07) is 74.7. The molecule has 284 valence electrons. The minimum Gasteiger partial charge on any atom is -0.456 e. The number of nitrogens with zero attached hydrogens (tertiary/aromatic N) is 3. The summed E-state index contributed by atoms with van der Waals surface area (Å²) < 4.78 is 6.19. The van der Waals surface area contributed by atoms with E-state index in [-0.39, 0.29) is 0 Å². The average Bonchev–Trinajstić information content (AvgIpc) is 3.71. The van der Waals surface area contributed by atoms with Gasteiger partial charge in [0.2, 0.25) is 0 Å². The Labute approximate surface area is 352 Å². The zero-order valence-electron chi connectivity index (χ0n) is 33.0. The molecule has 0 aliphatic carbocycles. The van der Waals surface area contributed by atoms with Crippen molar-refractivity contribution in [2.75, 3.05) is 0 Å². The van der Waals surface area contributed by atoms with Crippen LogP contribution in [0.5, 0.6) is 0 Å². The van der Waals surface area contributed by atoms with Crippen molar-refractivity contribution in [3.8, 4) is 67.5 Å². The molecule has 0 bridgehead atoms. The second kappa shape index (κ2) is 14.3. The average molecular weight is 778 g/mol. The number of fused-ring (bicyclic) bond motifs is 7. The molecular weight excluding hydrogens is 743 g/mol. The molecule has 10 aromatic carbocycles. The predicted molar refractivity (Wildman–Crippen MR) is 252 cm³/mol. The van der Waals surface area contributed by atoms with Gasteiger partial charge in [-0.25, -0.2) is 15.0 Å². The van der Waals surface area contributed by atoms with Crippen molar-refractivity contribution < 1.29 is 4.42 Å². The van der Waals surface area contributed by atoms with E-state index >= 15 is 0 Å². The van der Waals surface area contributed by atoms with E-state index in [9.17, 15) is 0 Å². The van der Waals surface area contributed by atoms with E-state index in [2.05, 4.69) is 194 Å². The quantitative estimate of drug-likeness (QED) is 0.125. The summed E-state index contributed by atoms with van der Waals surface area (Å²) in [6.45, 7) is 0. The molecule has 4 nitrogen and oxygen atoms in total. The summed E-state index contributed by atoms with van der Waals surface area (Å²) >= 11 is 0. The molecular formula is C57H35N3O. The molecule has 2 heterocycles. The summed E-state index contributed by atoms with van der Waals surface area (Å²) in [5, 5.41) is 9.57. The van der Waals surface area contributed by atoms with Crippen molar-refractivity contribution in [3.05, 3.63) is 212 Å². The SMILES string of the molecule is c1ccc(-c2cccc(-c3nc(-c4ccc(-c5c6ccccc6cc6c5ccc5ccccc56)cc4)nc(-c4ccccc4-c4ccc5oc6ccccc6c5c4)n3)c2)cc1. The first-order valence-corrected chi connectivity index (χ1v) is 20.6. The number of rotatable bonds is 6. The maximum atomic E-state index is 6.19. The van der Waals surface area contributed by atoms with Gasteiger partial charge in [-0.15, -0.1) is 0 Å². The van der Waals surface area contributed by atoms with E-state index in [4.69, 9.17) is 19.4 Å². The van der Waals surface area contributed by atoms with Gasteiger partial charge in [-0.3, -0.25) is 0 Å². The van der Waals surface area contributed by atoms with Gasteiger partial charge >= 0.3 is 0 Å². The monoisotopic (exact) mass is 777 g/mol. The lowest BCUT2D eigenvalue weighted by Gasteiger charge is -2.15. The van der Waals surface area contributed by atoms with Gasteiger partial charge in [-0.2, -0.15) is 0 Å². The molecule has 0 fully saturated rings. The lowest BCUT2D eigenvalue weighted by molar-refractivity contribution is 0.669. The Morgan fingerprint density at radius 3 is 1.72 bits per heavy atom. The predicted octanol–water partition coefficient (Wildman–Crippen LogP) is 15.2. The molecule has 0 spiro atoms. The molecule has 0 atom stereocenters. The molecule has 12 rings (SSSR count). The van der Waals surface area contributed by atoms with E-state index in [0.717, 1.165) is 66.4 Å². The molecule has 12 aromatic rings. The highest BCUT2D eigenvalue weighted by Crippen LogP contribution is 2.41. The van der Waals surface area contributed by atoms with Crippen molar-refractivity contribution in [1.82, 2.24) is 15.0 Å². The highest BCUT2D eigenvalue weighted by atomic mass is 16.3. The Morgan fingerprint density at radius 2 is 0.869 bits per heavy atom. The fourth-order valence-corrected chi connectivity index (χ4v) is 8.96. The molecule has 0 amide bonds. The van der Waals surface area contributed by atoms with Gasteiger partial charge in [0.15, 0.2) is 17.5 Å². The van der Waals surface area contributed by atoms with Crippen LogP contribution >= 0.6 is 0 Å². The summed E-state index contributed by atoms with van der Waals surface area (Å²) in [4.78, 5) is 15.7. The number of benzene rings is 10. The Hall–Kier alpha value is -8.21. The topological polar surface area (TPSA) is 51.8 Å². The minimum atomic E-state index is 0.605. The summed E-state index contributed by atoms with van der Waals surface area (Å²) in [7, 11) is 0. The maximum Gasteiger partial charge on any atom is 0.164 e. The van der Waals surface area contributed by atoms with Gasteiger partial charge in [0.05, 0.1) is 0 Å². The van der Waals surface area contributed by atoms with Crippen LogP contribution in [-0.2, 0) is 0 Å². The van der Waals surface area contributed by atoms with E-state index in [1.807, 2.05) is 18.2 Å². The lowest BCUT2D eigenvalue weighted by Crippen LogP contribution is -2.01. The van der Waals surface area contributed by atoms with Crippen LogP contribution in [0.4, 0.5) is 0 Å². The summed E-state index contributed by atoms with van der Waals surface area (Å²) in [5.74, 6) is 1.82. The molecule has 0 saturated carbocycles. The normalized spacial score (nSPS) is 11.6. The van der Waals surface area contributed by atoms with Gasteiger partial charge in [0, 0.05) is 27.5 Å². The van der Waals surface area contributed by atoms with Crippen LogP contribution in [0.2, 0.25) is 0 Å². The molecule has 4 heteroatoms. The molecule has 0 N–H and O–H groups in total. The van der Waals surface area contributed by atoms with Crippen LogP contribution in [0, 0.1) is 0 Å². The van der Waals surface area contributed by atoms with Crippen LogP contribution in [-0.4, -0.2) is 15.0 Å². The third-order valence-corrected chi connectivity index (χ3v) is 11.9. The molecule has 61 heavy (non-hydrogen) atoms. The minimum absolute atomic E-state index is 0.605. The molecule has 0 saturated heterocycles. The summed E-state index contributed by atoms with van der Waals surface area (Å²) in [6.07, 6.45) is 0. The van der Waals surface area contributed by atoms with E-state index in [1.165, 1.54) is 37.9 Å². The first-order valence-electron chi connectivity index (χ1n) is 20.6. The Kier molecular flexibility index (Phi) is 8.13. The standard InChI is InChI=1S/C57H35N3O/c1-2-13-36(14-3-1)40-17-12-18-43(33-40)56-58-55(59-57(60-56)49-23-9-8-20-45(49)42-30-32-53-51(35-42)47-22-10-11-24-52(47)61-53)39-27-25-38(26-28-39)54-46-21-7-5-16-41(46)34-50-44-19-6-4-15-37(44)29-31-48(50)54/h1-35H. The molecule has 0 aliphatic rings. The van der Waals surface area contributed by atoms with Crippen LogP contribution < -0.4 is 0 Å². The smallest absolute Gasteiger partial charge is 0.164 e. The van der Waals surface area contributed by atoms with Crippen LogP contribution in [0.3, 0.4) is 0 Å².